The van der Waals surface area contributed by atoms with E-state index in [4.69, 9.17) is 23.2 Å². The number of hydrogen-bond acceptors (Lipinski definition) is 5. The number of aromatic amines is 1. The number of hydrogen-bond donors (Lipinski definition) is 1. The Bertz CT molecular complexity index is 1170. The summed E-state index contributed by atoms with van der Waals surface area (Å²) < 4.78 is 0. The van der Waals surface area contributed by atoms with Gasteiger partial charge < -0.3 is 4.98 Å². The summed E-state index contributed by atoms with van der Waals surface area (Å²) in [6.07, 6.45) is 3.76. The lowest BCUT2D eigenvalue weighted by molar-refractivity contribution is -0.384. The van der Waals surface area contributed by atoms with Crippen molar-refractivity contribution in [3.05, 3.63) is 101 Å². The summed E-state index contributed by atoms with van der Waals surface area (Å²) in [4.78, 5) is 30.2. The predicted octanol–water partition coefficient (Wildman–Crippen LogP) is 6.25. The zero-order chi connectivity index (χ0) is 22.5. The van der Waals surface area contributed by atoms with Gasteiger partial charge in [0.1, 0.15) is 0 Å². The average molecular weight is 476 g/mol. The van der Waals surface area contributed by atoms with E-state index in [9.17, 15) is 14.9 Å². The maximum absolute atomic E-state index is 12.5. The van der Waals surface area contributed by atoms with Gasteiger partial charge in [0.2, 0.25) is 0 Å². The van der Waals surface area contributed by atoms with Crippen LogP contribution in [0, 0.1) is 17.0 Å². The van der Waals surface area contributed by atoms with E-state index in [-0.39, 0.29) is 17.2 Å². The Morgan fingerprint density at radius 3 is 2.45 bits per heavy atom. The molecule has 0 bridgehead atoms. The van der Waals surface area contributed by atoms with Crippen LogP contribution in [0.15, 0.2) is 58.5 Å². The molecule has 9 heteroatoms. The van der Waals surface area contributed by atoms with Crippen molar-refractivity contribution in [2.75, 3.05) is 5.75 Å². The van der Waals surface area contributed by atoms with Crippen LogP contribution in [-0.2, 0) is 0 Å². The van der Waals surface area contributed by atoms with E-state index in [1.807, 2.05) is 19.1 Å². The van der Waals surface area contributed by atoms with Gasteiger partial charge in [0.25, 0.3) is 11.2 Å². The Kier molecular flexibility index (Phi) is 7.54. The minimum atomic E-state index is -0.433. The fourth-order valence-electron chi connectivity index (χ4n) is 3.10. The zero-order valence-corrected chi connectivity index (χ0v) is 19.1. The lowest BCUT2D eigenvalue weighted by Crippen LogP contribution is -2.18. The molecule has 6 nitrogen and oxygen atoms in total. The first-order valence-corrected chi connectivity index (χ1v) is 11.1. The van der Waals surface area contributed by atoms with Crippen LogP contribution < -0.4 is 5.56 Å². The van der Waals surface area contributed by atoms with Gasteiger partial charge >= 0.3 is 0 Å². The third-order valence-electron chi connectivity index (χ3n) is 4.74. The zero-order valence-electron chi connectivity index (χ0n) is 16.8. The number of nitrogens with one attached hydrogen (secondary N) is 1. The smallest absolute Gasteiger partial charge is 0.269 e. The molecule has 1 N–H and O–H groups in total. The van der Waals surface area contributed by atoms with Crippen LogP contribution in [0.25, 0.3) is 6.08 Å². The van der Waals surface area contributed by atoms with Gasteiger partial charge in [-0.3, -0.25) is 14.9 Å². The van der Waals surface area contributed by atoms with Gasteiger partial charge in [-0.15, -0.1) is 0 Å². The number of aromatic nitrogens is 2. The summed E-state index contributed by atoms with van der Waals surface area (Å²) in [5.41, 5.74) is 2.57. The summed E-state index contributed by atoms with van der Waals surface area (Å²) in [6, 6.07) is 11.6. The normalized spacial score (nSPS) is 12.3. The molecule has 3 rings (SSSR count). The maximum Gasteiger partial charge on any atom is 0.269 e. The molecule has 3 aromatic rings. The third kappa shape index (κ3) is 5.55. The summed E-state index contributed by atoms with van der Waals surface area (Å²) in [6.45, 7) is 3.65. The summed E-state index contributed by atoms with van der Waals surface area (Å²) in [5.74, 6) is 0.308. The van der Waals surface area contributed by atoms with Crippen molar-refractivity contribution >= 4 is 46.7 Å². The van der Waals surface area contributed by atoms with Gasteiger partial charge in [0.05, 0.1) is 10.6 Å². The summed E-state index contributed by atoms with van der Waals surface area (Å²) >= 11 is 14.1. The van der Waals surface area contributed by atoms with Crippen molar-refractivity contribution in [1.29, 1.82) is 0 Å². The monoisotopic (exact) mass is 475 g/mol. The number of H-pyrrole nitrogens is 1. The molecule has 0 aliphatic heterocycles. The van der Waals surface area contributed by atoms with E-state index in [1.165, 1.54) is 23.9 Å². The lowest BCUT2D eigenvalue weighted by Gasteiger charge is -2.17. The molecule has 31 heavy (non-hydrogen) atoms. The SMILES string of the molecule is Cc1c(C(C)c2c(Cl)cccc2Cl)nc(SC/C=C/c2ccc([N+](=O)[O-])cc2)[nH]c1=O. The predicted molar refractivity (Wildman–Crippen MR) is 126 cm³/mol. The molecular formula is C22H19Cl2N3O3S. The molecule has 0 amide bonds. The Labute approximate surface area is 193 Å². The van der Waals surface area contributed by atoms with Gasteiger partial charge in [0.15, 0.2) is 5.16 Å². The van der Waals surface area contributed by atoms with Crippen LogP contribution in [0.1, 0.15) is 35.2 Å². The van der Waals surface area contributed by atoms with Gasteiger partial charge in [-0.1, -0.05) is 60.1 Å². The Morgan fingerprint density at radius 2 is 1.84 bits per heavy atom. The topological polar surface area (TPSA) is 88.9 Å². The second-order valence-corrected chi connectivity index (χ2v) is 8.62. The van der Waals surface area contributed by atoms with Crippen molar-refractivity contribution in [3.8, 4) is 0 Å². The molecule has 1 heterocycles. The van der Waals surface area contributed by atoms with Crippen LogP contribution in [0.3, 0.4) is 0 Å². The second-order valence-electron chi connectivity index (χ2n) is 6.80. The third-order valence-corrected chi connectivity index (χ3v) is 6.23. The van der Waals surface area contributed by atoms with Gasteiger partial charge in [-0.25, -0.2) is 4.98 Å². The molecule has 0 radical (unpaired) electrons. The highest BCUT2D eigenvalue weighted by Gasteiger charge is 2.21. The molecule has 0 fully saturated rings. The Balaban J connectivity index is 1.76. The molecular weight excluding hydrogens is 457 g/mol. The van der Waals surface area contributed by atoms with Gasteiger partial charge in [-0.2, -0.15) is 0 Å². The number of nitro benzene ring substituents is 1. The highest BCUT2D eigenvalue weighted by atomic mass is 35.5. The van der Waals surface area contributed by atoms with Crippen LogP contribution in [-0.4, -0.2) is 20.6 Å². The molecule has 160 valence electrons. The molecule has 0 aliphatic carbocycles. The first-order chi connectivity index (χ1) is 14.8. The van der Waals surface area contributed by atoms with Gasteiger partial charge in [-0.05, 0) is 42.3 Å². The van der Waals surface area contributed by atoms with E-state index in [0.717, 1.165) is 11.1 Å². The second kappa shape index (κ2) is 10.1. The van der Waals surface area contributed by atoms with Crippen LogP contribution in [0.2, 0.25) is 10.0 Å². The van der Waals surface area contributed by atoms with E-state index in [1.54, 1.807) is 37.3 Å². The van der Waals surface area contributed by atoms with Crippen molar-refractivity contribution in [2.45, 2.75) is 24.9 Å². The summed E-state index contributed by atoms with van der Waals surface area (Å²) in [7, 11) is 0. The standard InChI is InChI=1S/C22H19Cl2N3O3S/c1-13(19-17(23)6-3-7-18(19)24)20-14(2)21(28)26-22(25-20)31-12-4-5-15-8-10-16(11-9-15)27(29)30/h3-11,13H,12H2,1-2H3,(H,25,26,28)/b5-4+. The molecule has 1 atom stereocenters. The minimum absolute atomic E-state index is 0.0493. The molecule has 0 aliphatic rings. The van der Waals surface area contributed by atoms with Crippen molar-refractivity contribution in [3.63, 3.8) is 0 Å². The minimum Gasteiger partial charge on any atom is -0.301 e. The van der Waals surface area contributed by atoms with Crippen LogP contribution in [0.5, 0.6) is 0 Å². The first kappa shape index (κ1) is 23.1. The highest BCUT2D eigenvalue weighted by molar-refractivity contribution is 7.99. The highest BCUT2D eigenvalue weighted by Crippen LogP contribution is 2.35. The number of thioether (sulfide) groups is 1. The molecule has 0 spiro atoms. The van der Waals surface area contributed by atoms with Crippen molar-refractivity contribution in [1.82, 2.24) is 9.97 Å². The largest absolute Gasteiger partial charge is 0.301 e. The summed E-state index contributed by atoms with van der Waals surface area (Å²) in [5, 5.41) is 12.3. The number of benzene rings is 2. The number of halogens is 2. The molecule has 1 aromatic heterocycles. The number of rotatable bonds is 7. The van der Waals surface area contributed by atoms with Crippen molar-refractivity contribution < 1.29 is 4.92 Å². The Morgan fingerprint density at radius 1 is 1.19 bits per heavy atom. The maximum atomic E-state index is 12.5. The quantitative estimate of drug-likeness (QED) is 0.188. The van der Waals surface area contributed by atoms with E-state index >= 15 is 0 Å². The van der Waals surface area contributed by atoms with Crippen LogP contribution in [0.4, 0.5) is 5.69 Å². The lowest BCUT2D eigenvalue weighted by atomic mass is 9.95. The van der Waals surface area contributed by atoms with Crippen molar-refractivity contribution in [2.24, 2.45) is 0 Å². The molecule has 0 saturated carbocycles. The van der Waals surface area contributed by atoms with E-state index in [2.05, 4.69) is 9.97 Å². The Hall–Kier alpha value is -2.61. The first-order valence-electron chi connectivity index (χ1n) is 9.36. The molecule has 1 unspecified atom stereocenters. The van der Waals surface area contributed by atoms with E-state index in [0.29, 0.717) is 32.2 Å². The number of nitrogens with zero attached hydrogens (tertiary/aromatic N) is 2. The molecule has 0 saturated heterocycles. The number of non-ortho nitro benzene ring substituents is 1. The number of nitro groups is 1. The van der Waals surface area contributed by atoms with Crippen LogP contribution >= 0.6 is 35.0 Å². The average Bonchev–Trinajstić information content (AvgIpc) is 2.73. The van der Waals surface area contributed by atoms with E-state index < -0.39 is 4.92 Å². The fourth-order valence-corrected chi connectivity index (χ4v) is 4.50. The van der Waals surface area contributed by atoms with Gasteiger partial charge in [0, 0.05) is 39.4 Å². The fraction of sp³-hybridized carbons (Fsp3) is 0.182. The molecule has 2 aromatic carbocycles.